The molecule has 0 saturated heterocycles. The van der Waals surface area contributed by atoms with Crippen molar-refractivity contribution in [1.29, 1.82) is 0 Å². The Bertz CT molecular complexity index is 299. The van der Waals surface area contributed by atoms with E-state index in [1.165, 1.54) is 0 Å². The topological polar surface area (TPSA) is 12.9 Å². The smallest absolute Gasteiger partial charge is 0.147 e. The van der Waals surface area contributed by atoms with Crippen LogP contribution in [0.25, 0.3) is 0 Å². The van der Waals surface area contributed by atoms with Crippen molar-refractivity contribution in [3.63, 3.8) is 0 Å². The summed E-state index contributed by atoms with van der Waals surface area (Å²) in [5.74, 6) is -1.02. The molecule has 14 heavy (non-hydrogen) atoms. The summed E-state index contributed by atoms with van der Waals surface area (Å²) in [4.78, 5) is 3.82. The summed E-state index contributed by atoms with van der Waals surface area (Å²) in [7, 11) is 0. The van der Waals surface area contributed by atoms with Gasteiger partial charge in [0.1, 0.15) is 11.6 Å². The summed E-state index contributed by atoms with van der Waals surface area (Å²) in [6.45, 7) is 4.04. The molecule has 1 unspecified atom stereocenters. The van der Waals surface area contributed by atoms with Gasteiger partial charge in [0.05, 0.1) is 11.9 Å². The Kier molecular flexibility index (Phi) is 3.98. The zero-order valence-corrected chi connectivity index (χ0v) is 8.56. The summed E-state index contributed by atoms with van der Waals surface area (Å²) in [5.41, 5.74) is 0.399. The fraction of sp³-hybridized carbons (Fsp3) is 0.545. The highest BCUT2D eigenvalue weighted by molar-refractivity contribution is 5.13. The van der Waals surface area contributed by atoms with Crippen LogP contribution in [0.3, 0.4) is 0 Å². The second-order valence-corrected chi connectivity index (χ2v) is 3.41. The molecule has 1 atom stereocenters. The van der Waals surface area contributed by atoms with Crippen LogP contribution in [0.2, 0.25) is 0 Å². The molecule has 1 aromatic heterocycles. The zero-order chi connectivity index (χ0) is 10.6. The first-order valence-electron chi connectivity index (χ1n) is 5.00. The molecule has 0 saturated carbocycles. The van der Waals surface area contributed by atoms with E-state index in [0.717, 1.165) is 31.5 Å². The minimum atomic E-state index is -0.613. The van der Waals surface area contributed by atoms with Gasteiger partial charge in [-0.2, -0.15) is 0 Å². The summed E-state index contributed by atoms with van der Waals surface area (Å²) in [6, 6.07) is 0.903. The van der Waals surface area contributed by atoms with E-state index in [2.05, 4.69) is 4.98 Å². The largest absolute Gasteiger partial charge is 0.255 e. The lowest BCUT2D eigenvalue weighted by Gasteiger charge is -2.13. The Morgan fingerprint density at radius 2 is 2.07 bits per heavy atom. The number of hydrogen-bond donors (Lipinski definition) is 0. The summed E-state index contributed by atoms with van der Waals surface area (Å²) in [6.07, 6.45) is 3.79. The van der Waals surface area contributed by atoms with E-state index in [9.17, 15) is 8.78 Å². The highest BCUT2D eigenvalue weighted by Crippen LogP contribution is 2.25. The molecule has 1 rings (SSSR count). The molecule has 0 aliphatic heterocycles. The van der Waals surface area contributed by atoms with Gasteiger partial charge in [-0.3, -0.25) is 4.98 Å². The maximum absolute atomic E-state index is 13.3. The maximum atomic E-state index is 13.3. The molecule has 0 spiro atoms. The third-order valence-electron chi connectivity index (χ3n) is 2.35. The molecular weight excluding hydrogens is 184 g/mol. The zero-order valence-electron chi connectivity index (χ0n) is 8.56. The first kappa shape index (κ1) is 11.1. The minimum absolute atomic E-state index is 0.112. The predicted octanol–water partition coefficient (Wildman–Crippen LogP) is 3.65. The van der Waals surface area contributed by atoms with E-state index < -0.39 is 11.6 Å². The molecule has 0 fully saturated rings. The van der Waals surface area contributed by atoms with Crippen molar-refractivity contribution in [3.8, 4) is 0 Å². The third-order valence-corrected chi connectivity index (χ3v) is 2.35. The Balaban J connectivity index is 2.92. The first-order chi connectivity index (χ1) is 6.69. The molecule has 1 heterocycles. The lowest BCUT2D eigenvalue weighted by Crippen LogP contribution is -2.04. The van der Waals surface area contributed by atoms with E-state index in [4.69, 9.17) is 0 Å². The molecule has 0 radical (unpaired) electrons. The molecule has 1 nitrogen and oxygen atoms in total. The number of halogens is 2. The van der Waals surface area contributed by atoms with E-state index >= 15 is 0 Å². The van der Waals surface area contributed by atoms with Crippen molar-refractivity contribution < 1.29 is 8.78 Å². The van der Waals surface area contributed by atoms with E-state index in [1.807, 2.05) is 13.8 Å². The Hall–Kier alpha value is -0.990. The average Bonchev–Trinajstić information content (AvgIpc) is 2.15. The van der Waals surface area contributed by atoms with Gasteiger partial charge in [-0.15, -0.1) is 0 Å². The monoisotopic (exact) mass is 199 g/mol. The van der Waals surface area contributed by atoms with E-state index in [1.54, 1.807) is 0 Å². The first-order valence-corrected chi connectivity index (χ1v) is 5.00. The fourth-order valence-corrected chi connectivity index (χ4v) is 1.61. The van der Waals surface area contributed by atoms with Crippen LogP contribution >= 0.6 is 0 Å². The second-order valence-electron chi connectivity index (χ2n) is 3.41. The summed E-state index contributed by atoms with van der Waals surface area (Å²) in [5, 5.41) is 0. The molecule has 0 bridgehead atoms. The van der Waals surface area contributed by atoms with Gasteiger partial charge in [-0.05, 0) is 12.8 Å². The van der Waals surface area contributed by atoms with Gasteiger partial charge >= 0.3 is 0 Å². The van der Waals surface area contributed by atoms with Crippen molar-refractivity contribution in [3.05, 3.63) is 29.6 Å². The van der Waals surface area contributed by atoms with Crippen LogP contribution in [0.1, 0.15) is 44.7 Å². The van der Waals surface area contributed by atoms with Crippen LogP contribution in [-0.4, -0.2) is 4.98 Å². The quantitative estimate of drug-likeness (QED) is 0.721. The lowest BCUT2D eigenvalue weighted by atomic mass is 9.96. The standard InChI is InChI=1S/C11H15F2N/c1-3-5-8(4-2)11-10(13)6-9(12)7-14-11/h6-8H,3-5H2,1-2H3. The van der Waals surface area contributed by atoms with Crippen molar-refractivity contribution in [1.82, 2.24) is 4.98 Å². The molecule has 3 heteroatoms. The van der Waals surface area contributed by atoms with Gasteiger partial charge < -0.3 is 0 Å². The Morgan fingerprint density at radius 1 is 1.36 bits per heavy atom. The van der Waals surface area contributed by atoms with Gasteiger partial charge in [0.25, 0.3) is 0 Å². The number of hydrogen-bond acceptors (Lipinski definition) is 1. The van der Waals surface area contributed by atoms with Gasteiger partial charge in [0.2, 0.25) is 0 Å². The van der Waals surface area contributed by atoms with Crippen molar-refractivity contribution >= 4 is 0 Å². The van der Waals surface area contributed by atoms with Crippen molar-refractivity contribution in [2.24, 2.45) is 0 Å². The molecule has 78 valence electrons. The van der Waals surface area contributed by atoms with Gasteiger partial charge in [0, 0.05) is 12.0 Å². The molecule has 1 aromatic rings. The van der Waals surface area contributed by atoms with Gasteiger partial charge in [-0.1, -0.05) is 20.3 Å². The third kappa shape index (κ3) is 2.50. The van der Waals surface area contributed by atoms with Gasteiger partial charge in [0.15, 0.2) is 0 Å². The molecule has 0 N–H and O–H groups in total. The van der Waals surface area contributed by atoms with Crippen LogP contribution in [0.5, 0.6) is 0 Å². The van der Waals surface area contributed by atoms with E-state index in [0.29, 0.717) is 5.69 Å². The predicted molar refractivity (Wildman–Crippen MR) is 52.1 cm³/mol. The van der Waals surface area contributed by atoms with E-state index in [-0.39, 0.29) is 5.92 Å². The number of nitrogens with zero attached hydrogens (tertiary/aromatic N) is 1. The summed E-state index contributed by atoms with van der Waals surface area (Å²) >= 11 is 0. The number of aromatic nitrogens is 1. The molecule has 0 aromatic carbocycles. The normalized spacial score (nSPS) is 12.9. The van der Waals surface area contributed by atoms with Crippen molar-refractivity contribution in [2.45, 2.75) is 39.0 Å². The van der Waals surface area contributed by atoms with Crippen LogP contribution in [0, 0.1) is 11.6 Å². The van der Waals surface area contributed by atoms with Crippen LogP contribution in [0.15, 0.2) is 12.3 Å². The van der Waals surface area contributed by atoms with Crippen molar-refractivity contribution in [2.75, 3.05) is 0 Å². The van der Waals surface area contributed by atoms with Crippen LogP contribution in [-0.2, 0) is 0 Å². The minimum Gasteiger partial charge on any atom is -0.255 e. The number of rotatable bonds is 4. The SMILES string of the molecule is CCCC(CC)c1ncc(F)cc1F. The maximum Gasteiger partial charge on any atom is 0.147 e. The fourth-order valence-electron chi connectivity index (χ4n) is 1.61. The highest BCUT2D eigenvalue weighted by Gasteiger charge is 2.15. The second kappa shape index (κ2) is 5.03. The Labute approximate surface area is 83.2 Å². The average molecular weight is 199 g/mol. The lowest BCUT2D eigenvalue weighted by molar-refractivity contribution is 0.507. The molecule has 0 aliphatic carbocycles. The highest BCUT2D eigenvalue weighted by atomic mass is 19.1. The molecule has 0 amide bonds. The molecular formula is C11H15F2N. The van der Waals surface area contributed by atoms with Crippen LogP contribution < -0.4 is 0 Å². The summed E-state index contributed by atoms with van der Waals surface area (Å²) < 4.78 is 25.9. The van der Waals surface area contributed by atoms with Crippen LogP contribution in [0.4, 0.5) is 8.78 Å². The molecule has 0 aliphatic rings. The van der Waals surface area contributed by atoms with Gasteiger partial charge in [-0.25, -0.2) is 8.78 Å². The number of pyridine rings is 1. The Morgan fingerprint density at radius 3 is 2.57 bits per heavy atom.